The van der Waals surface area contributed by atoms with Crippen molar-refractivity contribution < 1.29 is 9.13 Å². The van der Waals surface area contributed by atoms with Crippen molar-refractivity contribution in [2.45, 2.75) is 27.3 Å². The van der Waals surface area contributed by atoms with Crippen LogP contribution < -0.4 is 15.2 Å². The lowest BCUT2D eigenvalue weighted by Crippen LogP contribution is -2.25. The van der Waals surface area contributed by atoms with Crippen LogP contribution in [0.25, 0.3) is 5.65 Å². The zero-order valence-corrected chi connectivity index (χ0v) is 15.2. The molecule has 0 aliphatic heterocycles. The van der Waals surface area contributed by atoms with Crippen LogP contribution in [0.4, 0.5) is 10.1 Å². The van der Waals surface area contributed by atoms with Crippen LogP contribution >= 0.6 is 0 Å². The number of fused-ring (bicyclic) bond motifs is 1. The Morgan fingerprint density at radius 3 is 2.54 bits per heavy atom. The van der Waals surface area contributed by atoms with Crippen molar-refractivity contribution in [3.8, 4) is 5.88 Å². The fourth-order valence-corrected chi connectivity index (χ4v) is 2.94. The van der Waals surface area contributed by atoms with E-state index in [2.05, 4.69) is 4.98 Å². The normalized spacial score (nSPS) is 10.9. The van der Waals surface area contributed by atoms with E-state index in [0.29, 0.717) is 36.9 Å². The smallest absolute Gasteiger partial charge is 0.261 e. The van der Waals surface area contributed by atoms with Gasteiger partial charge in [-0.15, -0.1) is 0 Å². The van der Waals surface area contributed by atoms with E-state index >= 15 is 0 Å². The fraction of sp³-hybridized carbons (Fsp3) is 0.300. The third-order valence-electron chi connectivity index (χ3n) is 4.23. The minimum Gasteiger partial charge on any atom is -0.479 e. The van der Waals surface area contributed by atoms with E-state index in [9.17, 15) is 9.18 Å². The topological polar surface area (TPSA) is 46.8 Å². The molecule has 0 spiro atoms. The Hall–Kier alpha value is -2.89. The van der Waals surface area contributed by atoms with Gasteiger partial charge < -0.3 is 9.64 Å². The third kappa shape index (κ3) is 3.54. The van der Waals surface area contributed by atoms with Crippen LogP contribution in [0, 0.1) is 12.7 Å². The average Bonchev–Trinajstić information content (AvgIpc) is 2.63. The van der Waals surface area contributed by atoms with Gasteiger partial charge in [-0.25, -0.2) is 13.8 Å². The number of pyridine rings is 1. The van der Waals surface area contributed by atoms with Crippen LogP contribution in [-0.4, -0.2) is 22.5 Å². The van der Waals surface area contributed by atoms with Gasteiger partial charge in [-0.05, 0) is 51.1 Å². The van der Waals surface area contributed by atoms with Crippen LogP contribution in [0.1, 0.15) is 25.1 Å². The van der Waals surface area contributed by atoms with Crippen molar-refractivity contribution in [2.24, 2.45) is 0 Å². The lowest BCUT2D eigenvalue weighted by molar-refractivity contribution is 0.318. The zero-order valence-electron chi connectivity index (χ0n) is 15.2. The van der Waals surface area contributed by atoms with Crippen LogP contribution in [0.5, 0.6) is 5.88 Å². The Morgan fingerprint density at radius 2 is 1.88 bits per heavy atom. The monoisotopic (exact) mass is 355 g/mol. The molecule has 6 heteroatoms. The Labute approximate surface area is 151 Å². The van der Waals surface area contributed by atoms with Crippen molar-refractivity contribution in [3.05, 3.63) is 69.9 Å². The van der Waals surface area contributed by atoms with Gasteiger partial charge in [0.15, 0.2) is 0 Å². The molecular weight excluding hydrogens is 333 g/mol. The Balaban J connectivity index is 1.99. The number of aromatic nitrogens is 2. The number of aryl methyl sites for hydroxylation is 1. The summed E-state index contributed by atoms with van der Waals surface area (Å²) in [5, 5.41) is 0. The molecule has 0 saturated carbocycles. The number of benzene rings is 1. The van der Waals surface area contributed by atoms with E-state index in [4.69, 9.17) is 4.74 Å². The maximum absolute atomic E-state index is 13.2. The second kappa shape index (κ2) is 7.56. The minimum absolute atomic E-state index is 0.174. The van der Waals surface area contributed by atoms with Crippen LogP contribution in [-0.2, 0) is 6.54 Å². The lowest BCUT2D eigenvalue weighted by Gasteiger charge is -2.23. The highest BCUT2D eigenvalue weighted by Crippen LogP contribution is 2.20. The predicted molar refractivity (Wildman–Crippen MR) is 100 cm³/mol. The Bertz CT molecular complexity index is 967. The Kier molecular flexibility index (Phi) is 5.21. The first kappa shape index (κ1) is 17.9. The van der Waals surface area contributed by atoms with Gasteiger partial charge >= 0.3 is 0 Å². The van der Waals surface area contributed by atoms with Crippen molar-refractivity contribution in [1.29, 1.82) is 0 Å². The quantitative estimate of drug-likeness (QED) is 0.678. The fourth-order valence-electron chi connectivity index (χ4n) is 2.94. The number of ether oxygens (including phenoxy) is 1. The summed E-state index contributed by atoms with van der Waals surface area (Å²) in [5.74, 6) is 0.255. The molecule has 0 bridgehead atoms. The molecule has 1 aromatic carbocycles. The van der Waals surface area contributed by atoms with Gasteiger partial charge in [0.1, 0.15) is 11.5 Å². The molecule has 26 heavy (non-hydrogen) atoms. The second-order valence-corrected chi connectivity index (χ2v) is 6.02. The number of rotatable bonds is 6. The first-order valence-electron chi connectivity index (χ1n) is 8.69. The molecule has 0 aliphatic rings. The zero-order chi connectivity index (χ0) is 18.7. The van der Waals surface area contributed by atoms with Gasteiger partial charge in [0.25, 0.3) is 5.56 Å². The summed E-state index contributed by atoms with van der Waals surface area (Å²) in [6.45, 7) is 7.44. The summed E-state index contributed by atoms with van der Waals surface area (Å²) in [6, 6.07) is 11.6. The van der Waals surface area contributed by atoms with Crippen molar-refractivity contribution in [3.63, 3.8) is 0 Å². The first-order valence-corrected chi connectivity index (χ1v) is 8.69. The van der Waals surface area contributed by atoms with Crippen molar-refractivity contribution >= 4 is 11.3 Å². The number of hydrogen-bond donors (Lipinski definition) is 0. The molecule has 2 heterocycles. The summed E-state index contributed by atoms with van der Waals surface area (Å²) in [7, 11) is 0. The largest absolute Gasteiger partial charge is 0.479 e. The van der Waals surface area contributed by atoms with Gasteiger partial charge in [-0.3, -0.25) is 4.79 Å². The highest BCUT2D eigenvalue weighted by molar-refractivity contribution is 5.48. The van der Waals surface area contributed by atoms with Crippen LogP contribution in [0.2, 0.25) is 0 Å². The molecule has 0 radical (unpaired) electrons. The molecule has 0 amide bonds. The number of hydrogen-bond acceptors (Lipinski definition) is 4. The summed E-state index contributed by atoms with van der Waals surface area (Å²) < 4.78 is 20.3. The molecule has 3 aromatic rings. The molecule has 0 atom stereocenters. The van der Waals surface area contributed by atoms with Gasteiger partial charge in [0.2, 0.25) is 5.88 Å². The summed E-state index contributed by atoms with van der Waals surface area (Å²) in [6.07, 6.45) is 0. The second-order valence-electron chi connectivity index (χ2n) is 6.02. The van der Waals surface area contributed by atoms with E-state index in [1.807, 2.05) is 37.8 Å². The highest BCUT2D eigenvalue weighted by Gasteiger charge is 2.12. The maximum atomic E-state index is 13.2. The van der Waals surface area contributed by atoms with Crippen molar-refractivity contribution in [1.82, 2.24) is 9.38 Å². The van der Waals surface area contributed by atoms with Gasteiger partial charge in [-0.1, -0.05) is 6.07 Å². The summed E-state index contributed by atoms with van der Waals surface area (Å²) >= 11 is 0. The van der Waals surface area contributed by atoms with Gasteiger partial charge in [0, 0.05) is 23.9 Å². The van der Waals surface area contributed by atoms with E-state index in [0.717, 1.165) is 11.3 Å². The first-order chi connectivity index (χ1) is 12.5. The molecule has 0 N–H and O–H groups in total. The number of halogens is 1. The summed E-state index contributed by atoms with van der Waals surface area (Å²) in [5.41, 5.74) is 2.81. The molecule has 5 nitrogen and oxygen atoms in total. The van der Waals surface area contributed by atoms with E-state index in [-0.39, 0.29) is 11.4 Å². The van der Waals surface area contributed by atoms with Crippen LogP contribution in [0.3, 0.4) is 0 Å². The van der Waals surface area contributed by atoms with E-state index in [1.165, 1.54) is 22.6 Å². The standard InChI is InChI=1S/C20H22FN3O2/c1-4-23(17-9-7-15(21)8-10-17)13-16-12-19(25)24-18(22-16)11-6-14(3)20(24)26-5-2/h6-12H,4-5,13H2,1-3H3. The molecule has 0 fully saturated rings. The molecule has 136 valence electrons. The molecule has 0 aliphatic carbocycles. The number of nitrogens with zero attached hydrogens (tertiary/aromatic N) is 3. The highest BCUT2D eigenvalue weighted by atomic mass is 19.1. The van der Waals surface area contributed by atoms with Gasteiger partial charge in [0.05, 0.1) is 18.8 Å². The van der Waals surface area contributed by atoms with Crippen molar-refractivity contribution in [2.75, 3.05) is 18.1 Å². The Morgan fingerprint density at radius 1 is 1.15 bits per heavy atom. The number of anilines is 1. The van der Waals surface area contributed by atoms with E-state index in [1.54, 1.807) is 12.1 Å². The predicted octanol–water partition coefficient (Wildman–Crippen LogP) is 3.57. The SMILES string of the molecule is CCOc1c(C)ccc2nc(CN(CC)c3ccc(F)cc3)cc(=O)n12. The lowest BCUT2D eigenvalue weighted by atomic mass is 10.2. The molecule has 2 aromatic heterocycles. The average molecular weight is 355 g/mol. The van der Waals surface area contributed by atoms with E-state index < -0.39 is 0 Å². The maximum Gasteiger partial charge on any atom is 0.261 e. The summed E-state index contributed by atoms with van der Waals surface area (Å²) in [4.78, 5) is 19.3. The molecule has 0 saturated heterocycles. The minimum atomic E-state index is -0.272. The molecular formula is C20H22FN3O2. The van der Waals surface area contributed by atoms with Gasteiger partial charge in [-0.2, -0.15) is 0 Å². The molecule has 3 rings (SSSR count). The molecule has 0 unspecified atom stereocenters. The third-order valence-corrected chi connectivity index (χ3v) is 4.23. The van der Waals surface area contributed by atoms with Crippen LogP contribution in [0.15, 0.2) is 47.3 Å².